The van der Waals surface area contributed by atoms with Crippen LogP contribution in [0.4, 0.5) is 0 Å². The van der Waals surface area contributed by atoms with Crippen LogP contribution >= 0.6 is 0 Å². The zero-order chi connectivity index (χ0) is 14.7. The van der Waals surface area contributed by atoms with Crippen LogP contribution < -0.4 is 5.32 Å². The Labute approximate surface area is 127 Å². The Kier molecular flexibility index (Phi) is 4.62. The molecule has 3 rings (SSSR count). The van der Waals surface area contributed by atoms with Crippen molar-refractivity contribution in [3.8, 4) is 0 Å². The molecule has 21 heavy (non-hydrogen) atoms. The maximum Gasteiger partial charge on any atom is 0.218 e. The van der Waals surface area contributed by atoms with E-state index >= 15 is 0 Å². The first-order chi connectivity index (χ1) is 10.1. The number of nitrogens with zero attached hydrogens (tertiary/aromatic N) is 1. The predicted octanol–water partition coefficient (Wildman–Crippen LogP) is 2.12. The second-order valence-corrected chi connectivity index (χ2v) is 8.11. The zero-order valence-corrected chi connectivity index (χ0v) is 13.2. The van der Waals surface area contributed by atoms with Crippen molar-refractivity contribution in [2.45, 2.75) is 49.9 Å². The lowest BCUT2D eigenvalue weighted by Gasteiger charge is -2.30. The number of rotatable bonds is 6. The van der Waals surface area contributed by atoms with Crippen molar-refractivity contribution in [1.82, 2.24) is 9.62 Å². The van der Waals surface area contributed by atoms with Crippen molar-refractivity contribution in [2.24, 2.45) is 0 Å². The van der Waals surface area contributed by atoms with E-state index in [0.29, 0.717) is 12.6 Å². The highest BCUT2D eigenvalue weighted by Crippen LogP contribution is 2.31. The molecule has 0 radical (unpaired) electrons. The van der Waals surface area contributed by atoms with Crippen LogP contribution in [0.2, 0.25) is 0 Å². The van der Waals surface area contributed by atoms with E-state index in [1.807, 2.05) is 30.3 Å². The molecule has 1 saturated carbocycles. The van der Waals surface area contributed by atoms with Gasteiger partial charge in [-0.1, -0.05) is 36.8 Å². The van der Waals surface area contributed by atoms with Crippen LogP contribution in [0.25, 0.3) is 0 Å². The van der Waals surface area contributed by atoms with Gasteiger partial charge in [0.15, 0.2) is 0 Å². The number of sulfonamides is 1. The summed E-state index contributed by atoms with van der Waals surface area (Å²) < 4.78 is 27.3. The van der Waals surface area contributed by atoms with Crippen LogP contribution in [-0.2, 0) is 15.8 Å². The number of hydrogen-bond donors (Lipinski definition) is 1. The summed E-state index contributed by atoms with van der Waals surface area (Å²) in [7, 11) is -3.22. The Morgan fingerprint density at radius 2 is 1.86 bits per heavy atom. The Bertz CT molecular complexity index is 549. The summed E-state index contributed by atoms with van der Waals surface area (Å²) in [6.45, 7) is 1.65. The van der Waals surface area contributed by atoms with E-state index in [2.05, 4.69) is 5.32 Å². The fraction of sp³-hybridized carbons (Fsp3) is 0.625. The molecule has 0 amide bonds. The fourth-order valence-corrected chi connectivity index (χ4v) is 4.87. The molecule has 1 saturated heterocycles. The third-order valence-electron chi connectivity index (χ3n) is 4.32. The van der Waals surface area contributed by atoms with Gasteiger partial charge in [-0.05, 0) is 37.8 Å². The molecule has 1 aliphatic heterocycles. The van der Waals surface area contributed by atoms with Gasteiger partial charge in [-0.3, -0.25) is 0 Å². The van der Waals surface area contributed by atoms with E-state index < -0.39 is 10.0 Å². The second kappa shape index (κ2) is 6.46. The molecule has 0 aromatic heterocycles. The van der Waals surface area contributed by atoms with E-state index in [-0.39, 0.29) is 11.8 Å². The molecular weight excluding hydrogens is 284 g/mol. The Morgan fingerprint density at radius 1 is 1.10 bits per heavy atom. The molecule has 2 aliphatic rings. The Morgan fingerprint density at radius 3 is 2.48 bits per heavy atom. The highest BCUT2D eigenvalue weighted by Gasteiger charge is 2.38. The maximum absolute atomic E-state index is 12.8. The van der Waals surface area contributed by atoms with E-state index in [1.165, 1.54) is 12.8 Å². The zero-order valence-electron chi connectivity index (χ0n) is 12.4. The van der Waals surface area contributed by atoms with Gasteiger partial charge in [-0.2, -0.15) is 4.31 Å². The largest absolute Gasteiger partial charge is 0.313 e. The van der Waals surface area contributed by atoms with Gasteiger partial charge in [0.25, 0.3) is 0 Å². The second-order valence-electron chi connectivity index (χ2n) is 6.19. The van der Waals surface area contributed by atoms with Crippen molar-refractivity contribution in [2.75, 3.05) is 13.1 Å². The number of benzene rings is 1. The SMILES string of the molecule is O=S(=O)(Cc1ccccc1)N(CC1CCCCN1)C1CC1. The topological polar surface area (TPSA) is 49.4 Å². The van der Waals surface area contributed by atoms with Crippen LogP contribution in [0.15, 0.2) is 30.3 Å². The minimum absolute atomic E-state index is 0.122. The normalized spacial score (nSPS) is 23.4. The highest BCUT2D eigenvalue weighted by atomic mass is 32.2. The summed E-state index contributed by atoms with van der Waals surface area (Å²) in [6.07, 6.45) is 5.52. The lowest BCUT2D eigenvalue weighted by atomic mass is 10.1. The van der Waals surface area contributed by atoms with Crippen LogP contribution in [0.3, 0.4) is 0 Å². The van der Waals surface area contributed by atoms with Gasteiger partial charge >= 0.3 is 0 Å². The van der Waals surface area contributed by atoms with Crippen molar-refractivity contribution in [3.05, 3.63) is 35.9 Å². The minimum atomic E-state index is -3.22. The smallest absolute Gasteiger partial charge is 0.218 e. The van der Waals surface area contributed by atoms with Gasteiger partial charge in [-0.15, -0.1) is 0 Å². The third-order valence-corrected chi connectivity index (χ3v) is 6.18. The Hall–Kier alpha value is -0.910. The molecule has 1 aliphatic carbocycles. The summed E-state index contributed by atoms with van der Waals surface area (Å²) in [5, 5.41) is 3.46. The lowest BCUT2D eigenvalue weighted by molar-refractivity contribution is 0.307. The van der Waals surface area contributed by atoms with E-state index in [9.17, 15) is 8.42 Å². The van der Waals surface area contributed by atoms with Gasteiger partial charge in [0.2, 0.25) is 10.0 Å². The van der Waals surface area contributed by atoms with Gasteiger partial charge in [0.1, 0.15) is 0 Å². The van der Waals surface area contributed by atoms with E-state index in [1.54, 1.807) is 4.31 Å². The summed E-state index contributed by atoms with van der Waals surface area (Å²) in [4.78, 5) is 0. The van der Waals surface area contributed by atoms with Gasteiger partial charge in [0.05, 0.1) is 5.75 Å². The van der Waals surface area contributed by atoms with Crippen molar-refractivity contribution in [1.29, 1.82) is 0 Å². The first kappa shape index (κ1) is 15.0. The van der Waals surface area contributed by atoms with Crippen LogP contribution in [0.5, 0.6) is 0 Å². The number of piperidine rings is 1. The molecular formula is C16H24N2O2S. The van der Waals surface area contributed by atoms with E-state index in [0.717, 1.165) is 31.4 Å². The molecule has 1 heterocycles. The van der Waals surface area contributed by atoms with Crippen molar-refractivity contribution >= 4 is 10.0 Å². The summed E-state index contributed by atoms with van der Waals surface area (Å²) in [6, 6.07) is 10.1. The molecule has 1 atom stereocenters. The van der Waals surface area contributed by atoms with Gasteiger partial charge in [-0.25, -0.2) is 8.42 Å². The maximum atomic E-state index is 12.8. The highest BCUT2D eigenvalue weighted by molar-refractivity contribution is 7.88. The molecule has 5 heteroatoms. The number of nitrogens with one attached hydrogen (secondary N) is 1. The first-order valence-corrected chi connectivity index (χ1v) is 9.53. The molecule has 1 aromatic rings. The molecule has 0 bridgehead atoms. The van der Waals surface area contributed by atoms with Crippen LogP contribution in [0, 0.1) is 0 Å². The Balaban J connectivity index is 1.70. The van der Waals surface area contributed by atoms with Gasteiger partial charge in [0, 0.05) is 18.6 Å². The molecule has 1 aromatic carbocycles. The average molecular weight is 308 g/mol. The van der Waals surface area contributed by atoms with Crippen LogP contribution in [-0.4, -0.2) is 37.9 Å². The van der Waals surface area contributed by atoms with E-state index in [4.69, 9.17) is 0 Å². The lowest BCUT2D eigenvalue weighted by Crippen LogP contribution is -2.46. The third kappa shape index (κ3) is 4.05. The predicted molar refractivity (Wildman–Crippen MR) is 84.4 cm³/mol. The van der Waals surface area contributed by atoms with Crippen molar-refractivity contribution in [3.63, 3.8) is 0 Å². The molecule has 1 unspecified atom stereocenters. The standard InChI is InChI=1S/C16H24N2O2S/c19-21(20,13-14-6-2-1-3-7-14)18(16-9-10-16)12-15-8-4-5-11-17-15/h1-3,6-7,15-17H,4-5,8-13H2. The fourth-order valence-electron chi connectivity index (χ4n) is 3.02. The van der Waals surface area contributed by atoms with Gasteiger partial charge < -0.3 is 5.32 Å². The molecule has 1 N–H and O–H groups in total. The number of hydrogen-bond acceptors (Lipinski definition) is 3. The molecule has 0 spiro atoms. The van der Waals surface area contributed by atoms with Crippen LogP contribution in [0.1, 0.15) is 37.7 Å². The first-order valence-electron chi connectivity index (χ1n) is 7.92. The molecule has 2 fully saturated rings. The summed E-state index contributed by atoms with van der Waals surface area (Å²) in [5.74, 6) is 0.122. The molecule has 116 valence electrons. The quantitative estimate of drug-likeness (QED) is 0.876. The monoisotopic (exact) mass is 308 g/mol. The summed E-state index contributed by atoms with van der Waals surface area (Å²) >= 11 is 0. The average Bonchev–Trinajstić information content (AvgIpc) is 3.31. The summed E-state index contributed by atoms with van der Waals surface area (Å²) in [5.41, 5.74) is 0.875. The molecule has 4 nitrogen and oxygen atoms in total. The minimum Gasteiger partial charge on any atom is -0.313 e. The van der Waals surface area contributed by atoms with Crippen molar-refractivity contribution < 1.29 is 8.42 Å².